The number of hydrogen-bond donors (Lipinski definition) is 1. The molecule has 1 aromatic rings. The summed E-state index contributed by atoms with van der Waals surface area (Å²) < 4.78 is 1.61. The van der Waals surface area contributed by atoms with Crippen molar-refractivity contribution in [1.82, 2.24) is 9.78 Å². The van der Waals surface area contributed by atoms with Crippen molar-refractivity contribution in [2.24, 2.45) is 0 Å². The zero-order valence-electron chi connectivity index (χ0n) is 7.28. The molecule has 2 N–H and O–H groups in total. The van der Waals surface area contributed by atoms with Gasteiger partial charge in [-0.3, -0.25) is 0 Å². The minimum absolute atomic E-state index is 0.660. The van der Waals surface area contributed by atoms with E-state index < -0.39 is 0 Å². The summed E-state index contributed by atoms with van der Waals surface area (Å²) >= 11 is 0. The lowest BCUT2D eigenvalue weighted by Crippen LogP contribution is -1.94. The third-order valence-corrected chi connectivity index (χ3v) is 0.991. The fourth-order valence-electron chi connectivity index (χ4n) is 0.590. The number of allylic oxidation sites excluding steroid dienone is 1. The van der Waals surface area contributed by atoms with Crippen LogP contribution in [0.25, 0.3) is 6.20 Å². The summed E-state index contributed by atoms with van der Waals surface area (Å²) in [5, 5.41) is 3.91. The van der Waals surface area contributed by atoms with E-state index in [2.05, 4.69) is 5.10 Å². The van der Waals surface area contributed by atoms with Crippen molar-refractivity contribution < 1.29 is 0 Å². The number of nitrogens with zero attached hydrogens (tertiary/aromatic N) is 2. The van der Waals surface area contributed by atoms with E-state index in [0.717, 1.165) is 0 Å². The van der Waals surface area contributed by atoms with Gasteiger partial charge in [0, 0.05) is 12.3 Å². The molecule has 0 aromatic carbocycles. The van der Waals surface area contributed by atoms with Gasteiger partial charge in [-0.15, -0.1) is 0 Å². The van der Waals surface area contributed by atoms with Crippen molar-refractivity contribution in [1.29, 1.82) is 0 Å². The largest absolute Gasteiger partial charge is 0.384 e. The Morgan fingerprint density at radius 1 is 1.55 bits per heavy atom. The van der Waals surface area contributed by atoms with Crippen molar-refractivity contribution in [3.8, 4) is 0 Å². The lowest BCUT2D eigenvalue weighted by molar-refractivity contribution is 0.944. The average molecular weight is 153 g/mol. The van der Waals surface area contributed by atoms with Gasteiger partial charge in [-0.05, 0) is 6.92 Å². The number of aromatic nitrogens is 2. The zero-order chi connectivity index (χ0) is 8.69. The minimum Gasteiger partial charge on any atom is -0.384 e. The topological polar surface area (TPSA) is 43.8 Å². The van der Waals surface area contributed by atoms with Crippen LogP contribution in [-0.2, 0) is 0 Å². The van der Waals surface area contributed by atoms with Crippen molar-refractivity contribution in [3.63, 3.8) is 0 Å². The second-order valence-electron chi connectivity index (χ2n) is 1.68. The monoisotopic (exact) mass is 153 g/mol. The lowest BCUT2D eigenvalue weighted by Gasteiger charge is -1.91. The predicted octanol–water partition coefficient (Wildman–Crippen LogP) is 1.98. The number of nitrogen functional groups attached to an aromatic ring is 1. The van der Waals surface area contributed by atoms with E-state index in [9.17, 15) is 0 Å². The van der Waals surface area contributed by atoms with Crippen LogP contribution in [0, 0.1) is 0 Å². The average Bonchev–Trinajstić information content (AvgIpc) is 2.42. The van der Waals surface area contributed by atoms with Gasteiger partial charge in [-0.2, -0.15) is 5.10 Å². The molecule has 0 atom stereocenters. The SMILES string of the molecule is C/C=C\n1nccc1N.CC. The highest BCUT2D eigenvalue weighted by molar-refractivity contribution is 5.36. The van der Waals surface area contributed by atoms with Crippen LogP contribution in [0.3, 0.4) is 0 Å². The molecule has 0 saturated heterocycles. The molecule has 62 valence electrons. The maximum absolute atomic E-state index is 5.48. The molecule has 0 spiro atoms. The summed E-state index contributed by atoms with van der Waals surface area (Å²) in [7, 11) is 0. The Hall–Kier alpha value is -1.25. The highest BCUT2D eigenvalue weighted by Gasteiger charge is 1.88. The third-order valence-electron chi connectivity index (χ3n) is 0.991. The van der Waals surface area contributed by atoms with Gasteiger partial charge in [0.25, 0.3) is 0 Å². The number of nitrogens with two attached hydrogens (primary N) is 1. The van der Waals surface area contributed by atoms with E-state index >= 15 is 0 Å². The van der Waals surface area contributed by atoms with E-state index in [0.29, 0.717) is 5.82 Å². The summed E-state index contributed by atoms with van der Waals surface area (Å²) in [5.74, 6) is 0.660. The molecule has 0 radical (unpaired) electrons. The molecule has 0 aliphatic carbocycles. The Balaban J connectivity index is 0.000000461. The Labute approximate surface area is 67.5 Å². The van der Waals surface area contributed by atoms with Gasteiger partial charge in [0.2, 0.25) is 0 Å². The van der Waals surface area contributed by atoms with Gasteiger partial charge < -0.3 is 5.73 Å². The maximum Gasteiger partial charge on any atom is 0.126 e. The Morgan fingerprint density at radius 2 is 2.18 bits per heavy atom. The smallest absolute Gasteiger partial charge is 0.126 e. The van der Waals surface area contributed by atoms with E-state index in [1.165, 1.54) is 0 Å². The first-order valence-corrected chi connectivity index (χ1v) is 3.76. The Morgan fingerprint density at radius 3 is 2.55 bits per heavy atom. The first-order chi connectivity index (χ1) is 5.34. The fourth-order valence-corrected chi connectivity index (χ4v) is 0.590. The van der Waals surface area contributed by atoms with Gasteiger partial charge in [-0.1, -0.05) is 19.9 Å². The van der Waals surface area contributed by atoms with E-state index in [1.807, 2.05) is 26.8 Å². The zero-order valence-corrected chi connectivity index (χ0v) is 7.28. The highest BCUT2D eigenvalue weighted by atomic mass is 15.3. The molecular weight excluding hydrogens is 138 g/mol. The van der Waals surface area contributed by atoms with Crippen LogP contribution >= 0.6 is 0 Å². The molecule has 3 heteroatoms. The quantitative estimate of drug-likeness (QED) is 0.670. The second kappa shape index (κ2) is 5.53. The fraction of sp³-hybridized carbons (Fsp3) is 0.375. The van der Waals surface area contributed by atoms with Crippen LogP contribution in [0.2, 0.25) is 0 Å². The van der Waals surface area contributed by atoms with Crippen molar-refractivity contribution >= 4 is 12.0 Å². The Kier molecular flexibility index (Phi) is 4.90. The second-order valence-corrected chi connectivity index (χ2v) is 1.68. The van der Waals surface area contributed by atoms with Crippen LogP contribution in [0.1, 0.15) is 20.8 Å². The number of hydrogen-bond acceptors (Lipinski definition) is 2. The molecule has 3 nitrogen and oxygen atoms in total. The molecule has 0 amide bonds. The number of rotatable bonds is 1. The summed E-state index contributed by atoms with van der Waals surface area (Å²) in [4.78, 5) is 0. The van der Waals surface area contributed by atoms with Gasteiger partial charge in [-0.25, -0.2) is 4.68 Å². The van der Waals surface area contributed by atoms with E-state index in [1.54, 1.807) is 23.1 Å². The van der Waals surface area contributed by atoms with Gasteiger partial charge >= 0.3 is 0 Å². The molecule has 0 saturated carbocycles. The number of anilines is 1. The van der Waals surface area contributed by atoms with Crippen LogP contribution in [-0.4, -0.2) is 9.78 Å². The van der Waals surface area contributed by atoms with Crippen molar-refractivity contribution in [3.05, 3.63) is 18.3 Å². The molecule has 0 fully saturated rings. The van der Waals surface area contributed by atoms with Crippen molar-refractivity contribution in [2.75, 3.05) is 5.73 Å². The standard InChI is InChI=1S/C6H9N3.C2H6/c1-2-5-9-6(7)3-4-8-9;1-2/h2-5H,7H2,1H3;1-2H3/b5-2-;. The van der Waals surface area contributed by atoms with E-state index in [-0.39, 0.29) is 0 Å². The predicted molar refractivity (Wildman–Crippen MR) is 49.0 cm³/mol. The van der Waals surface area contributed by atoms with Gasteiger partial charge in [0.15, 0.2) is 0 Å². The minimum atomic E-state index is 0.660. The van der Waals surface area contributed by atoms with Crippen LogP contribution < -0.4 is 5.73 Å². The first kappa shape index (κ1) is 9.75. The van der Waals surface area contributed by atoms with Crippen LogP contribution in [0.4, 0.5) is 5.82 Å². The normalized spacial score (nSPS) is 9.36. The van der Waals surface area contributed by atoms with Crippen LogP contribution in [0.15, 0.2) is 18.3 Å². The molecule has 1 rings (SSSR count). The molecule has 0 aliphatic heterocycles. The molecule has 0 unspecified atom stereocenters. The summed E-state index contributed by atoms with van der Waals surface area (Å²) in [5.41, 5.74) is 5.48. The van der Waals surface area contributed by atoms with E-state index in [4.69, 9.17) is 5.73 Å². The maximum atomic E-state index is 5.48. The molecule has 0 bridgehead atoms. The van der Waals surface area contributed by atoms with Crippen LogP contribution in [0.5, 0.6) is 0 Å². The third kappa shape index (κ3) is 2.89. The molecule has 11 heavy (non-hydrogen) atoms. The van der Waals surface area contributed by atoms with Gasteiger partial charge in [0.1, 0.15) is 5.82 Å². The summed E-state index contributed by atoms with van der Waals surface area (Å²) in [6.07, 6.45) is 5.34. The van der Waals surface area contributed by atoms with Gasteiger partial charge in [0.05, 0.1) is 6.20 Å². The highest BCUT2D eigenvalue weighted by Crippen LogP contribution is 1.98. The lowest BCUT2D eigenvalue weighted by atomic mass is 10.6. The Bertz CT molecular complexity index is 213. The molecule has 1 heterocycles. The molecule has 1 aromatic heterocycles. The first-order valence-electron chi connectivity index (χ1n) is 3.76. The summed E-state index contributed by atoms with van der Waals surface area (Å²) in [6.45, 7) is 5.92. The molecular formula is C8H15N3. The molecule has 0 aliphatic rings. The summed E-state index contributed by atoms with van der Waals surface area (Å²) in [6, 6.07) is 1.75. The van der Waals surface area contributed by atoms with Crippen molar-refractivity contribution in [2.45, 2.75) is 20.8 Å².